The Morgan fingerprint density at radius 2 is 2.08 bits per heavy atom. The van der Waals surface area contributed by atoms with Gasteiger partial charge in [0.05, 0.1) is 6.61 Å². The second kappa shape index (κ2) is 2.88. The van der Waals surface area contributed by atoms with Gasteiger partial charge in [0.15, 0.2) is 0 Å². The first-order chi connectivity index (χ1) is 5.81. The van der Waals surface area contributed by atoms with E-state index in [1.54, 1.807) is 0 Å². The third-order valence-electron chi connectivity index (χ3n) is 2.28. The molecule has 0 aromatic heterocycles. The maximum atomic E-state index is 5.62. The van der Waals surface area contributed by atoms with Gasteiger partial charge in [-0.15, -0.1) is 0 Å². The molecule has 1 heterocycles. The maximum absolute atomic E-state index is 5.62. The molecule has 1 aliphatic rings. The summed E-state index contributed by atoms with van der Waals surface area (Å²) in [5, 5.41) is 3.33. The zero-order valence-electron chi connectivity index (χ0n) is 7.21. The molecule has 1 aliphatic heterocycles. The van der Waals surface area contributed by atoms with E-state index in [-0.39, 0.29) is 5.72 Å². The van der Waals surface area contributed by atoms with E-state index in [1.807, 2.05) is 18.2 Å². The minimum Gasteiger partial charge on any atom is -0.355 e. The van der Waals surface area contributed by atoms with Crippen molar-refractivity contribution in [3.63, 3.8) is 0 Å². The van der Waals surface area contributed by atoms with Gasteiger partial charge in [0.2, 0.25) is 0 Å². The zero-order chi connectivity index (χ0) is 8.44. The van der Waals surface area contributed by atoms with E-state index >= 15 is 0 Å². The Morgan fingerprint density at radius 3 is 2.67 bits per heavy atom. The molecule has 2 nitrogen and oxygen atoms in total. The normalized spacial score (nSPS) is 29.1. The van der Waals surface area contributed by atoms with Crippen molar-refractivity contribution in [3.8, 4) is 0 Å². The standard InChI is InChI=1S/C10H13NO/c1-10(11-7-8-12-10)9-5-3-2-4-6-9/h2-6,11H,7-8H2,1H3. The van der Waals surface area contributed by atoms with Gasteiger partial charge < -0.3 is 4.74 Å². The molecule has 64 valence electrons. The first-order valence-corrected chi connectivity index (χ1v) is 4.26. The van der Waals surface area contributed by atoms with Crippen molar-refractivity contribution in [1.82, 2.24) is 5.32 Å². The molecule has 0 radical (unpaired) electrons. The van der Waals surface area contributed by atoms with Crippen LogP contribution in [0.15, 0.2) is 30.3 Å². The fourth-order valence-electron chi connectivity index (χ4n) is 1.54. The summed E-state index contributed by atoms with van der Waals surface area (Å²) in [6, 6.07) is 10.2. The number of ether oxygens (including phenoxy) is 1. The smallest absolute Gasteiger partial charge is 0.142 e. The third kappa shape index (κ3) is 1.24. The van der Waals surface area contributed by atoms with Crippen LogP contribution < -0.4 is 5.32 Å². The number of nitrogens with one attached hydrogen (secondary N) is 1. The lowest BCUT2D eigenvalue weighted by Crippen LogP contribution is -2.34. The van der Waals surface area contributed by atoms with Gasteiger partial charge in [-0.05, 0) is 12.5 Å². The monoisotopic (exact) mass is 163 g/mol. The summed E-state index contributed by atoms with van der Waals surface area (Å²) in [7, 11) is 0. The number of hydrogen-bond donors (Lipinski definition) is 1. The van der Waals surface area contributed by atoms with Crippen molar-refractivity contribution in [1.29, 1.82) is 0 Å². The molecule has 1 aromatic rings. The fraction of sp³-hybridized carbons (Fsp3) is 0.400. The van der Waals surface area contributed by atoms with Crippen molar-refractivity contribution in [2.24, 2.45) is 0 Å². The SMILES string of the molecule is CC1(c2ccccc2)NCCO1. The summed E-state index contributed by atoms with van der Waals surface area (Å²) in [6.07, 6.45) is 0. The van der Waals surface area contributed by atoms with Crippen molar-refractivity contribution in [2.75, 3.05) is 13.2 Å². The highest BCUT2D eigenvalue weighted by Gasteiger charge is 2.30. The van der Waals surface area contributed by atoms with Gasteiger partial charge in [-0.3, -0.25) is 5.32 Å². The van der Waals surface area contributed by atoms with Crippen LogP contribution >= 0.6 is 0 Å². The molecule has 2 rings (SSSR count). The molecule has 1 aromatic carbocycles. The Kier molecular flexibility index (Phi) is 1.87. The molecule has 0 amide bonds. The summed E-state index contributed by atoms with van der Waals surface area (Å²) < 4.78 is 5.62. The van der Waals surface area contributed by atoms with Crippen LogP contribution in [-0.4, -0.2) is 13.2 Å². The van der Waals surface area contributed by atoms with E-state index in [4.69, 9.17) is 4.74 Å². The summed E-state index contributed by atoms with van der Waals surface area (Å²) >= 11 is 0. The van der Waals surface area contributed by atoms with E-state index in [0.29, 0.717) is 0 Å². The van der Waals surface area contributed by atoms with Crippen LogP contribution in [0.5, 0.6) is 0 Å². The van der Waals surface area contributed by atoms with Gasteiger partial charge in [0, 0.05) is 6.54 Å². The van der Waals surface area contributed by atoms with Crippen LogP contribution in [0.1, 0.15) is 12.5 Å². The van der Waals surface area contributed by atoms with Gasteiger partial charge >= 0.3 is 0 Å². The average molecular weight is 163 g/mol. The molecule has 0 saturated carbocycles. The highest BCUT2D eigenvalue weighted by atomic mass is 16.5. The summed E-state index contributed by atoms with van der Waals surface area (Å²) in [5.41, 5.74) is 0.934. The van der Waals surface area contributed by atoms with Crippen molar-refractivity contribution < 1.29 is 4.74 Å². The predicted octanol–water partition coefficient (Wildman–Crippen LogP) is 1.48. The van der Waals surface area contributed by atoms with Gasteiger partial charge in [-0.1, -0.05) is 30.3 Å². The molecular formula is C10H13NO. The Balaban J connectivity index is 2.29. The van der Waals surface area contributed by atoms with Gasteiger partial charge in [0.25, 0.3) is 0 Å². The van der Waals surface area contributed by atoms with E-state index in [0.717, 1.165) is 13.2 Å². The van der Waals surface area contributed by atoms with E-state index < -0.39 is 0 Å². The largest absolute Gasteiger partial charge is 0.355 e. The van der Waals surface area contributed by atoms with Crippen molar-refractivity contribution >= 4 is 0 Å². The zero-order valence-corrected chi connectivity index (χ0v) is 7.21. The highest BCUT2D eigenvalue weighted by Crippen LogP contribution is 2.24. The Hall–Kier alpha value is -0.860. The van der Waals surface area contributed by atoms with Crippen molar-refractivity contribution in [2.45, 2.75) is 12.6 Å². The average Bonchev–Trinajstić information content (AvgIpc) is 2.55. The van der Waals surface area contributed by atoms with E-state index in [9.17, 15) is 0 Å². The van der Waals surface area contributed by atoms with Crippen LogP contribution in [0.3, 0.4) is 0 Å². The lowest BCUT2D eigenvalue weighted by atomic mass is 10.1. The van der Waals surface area contributed by atoms with Crippen molar-refractivity contribution in [3.05, 3.63) is 35.9 Å². The molecule has 0 spiro atoms. The topological polar surface area (TPSA) is 21.3 Å². The quantitative estimate of drug-likeness (QED) is 0.677. The minimum atomic E-state index is -0.263. The van der Waals surface area contributed by atoms with Crippen LogP contribution in [0.2, 0.25) is 0 Å². The molecule has 1 unspecified atom stereocenters. The van der Waals surface area contributed by atoms with E-state index in [1.165, 1.54) is 5.56 Å². The van der Waals surface area contributed by atoms with Gasteiger partial charge in [-0.25, -0.2) is 0 Å². The predicted molar refractivity (Wildman–Crippen MR) is 47.7 cm³/mol. The molecule has 1 fully saturated rings. The lowest BCUT2D eigenvalue weighted by molar-refractivity contribution is 0.00247. The van der Waals surface area contributed by atoms with Crippen LogP contribution in [-0.2, 0) is 10.5 Å². The Morgan fingerprint density at radius 1 is 1.33 bits per heavy atom. The summed E-state index contributed by atoms with van der Waals surface area (Å²) in [5.74, 6) is 0. The Bertz CT molecular complexity index is 252. The first kappa shape index (κ1) is 7.77. The van der Waals surface area contributed by atoms with E-state index in [2.05, 4.69) is 24.4 Å². The van der Waals surface area contributed by atoms with Gasteiger partial charge in [-0.2, -0.15) is 0 Å². The number of hydrogen-bond acceptors (Lipinski definition) is 2. The lowest BCUT2D eigenvalue weighted by Gasteiger charge is -2.23. The molecule has 0 bridgehead atoms. The molecular weight excluding hydrogens is 150 g/mol. The minimum absolute atomic E-state index is 0.263. The second-order valence-corrected chi connectivity index (χ2v) is 3.17. The Labute approximate surface area is 72.5 Å². The van der Waals surface area contributed by atoms with Crippen LogP contribution in [0.4, 0.5) is 0 Å². The molecule has 2 heteroatoms. The molecule has 1 saturated heterocycles. The second-order valence-electron chi connectivity index (χ2n) is 3.17. The molecule has 0 aliphatic carbocycles. The molecule has 1 N–H and O–H groups in total. The molecule has 12 heavy (non-hydrogen) atoms. The summed E-state index contributed by atoms with van der Waals surface area (Å²) in [6.45, 7) is 3.80. The number of rotatable bonds is 1. The van der Waals surface area contributed by atoms with Crippen LogP contribution in [0, 0.1) is 0 Å². The first-order valence-electron chi connectivity index (χ1n) is 4.26. The third-order valence-corrected chi connectivity index (χ3v) is 2.28. The summed E-state index contributed by atoms with van der Waals surface area (Å²) in [4.78, 5) is 0. The fourth-order valence-corrected chi connectivity index (χ4v) is 1.54. The molecule has 1 atom stereocenters. The van der Waals surface area contributed by atoms with Crippen LogP contribution in [0.25, 0.3) is 0 Å². The number of benzene rings is 1. The highest BCUT2D eigenvalue weighted by molar-refractivity contribution is 5.21. The van der Waals surface area contributed by atoms with Gasteiger partial charge in [0.1, 0.15) is 5.72 Å². The maximum Gasteiger partial charge on any atom is 0.142 e.